The second kappa shape index (κ2) is 5.17. The standard InChI is InChI=1S/C15H16N4O/c1-15(2,3)12-6-4-10(5-7-12)14(20)18-13-11(8-16)9-17-19-13/h4-7,9H,1-3H3,(H2,17,18,19,20). The molecular formula is C15H16N4O. The maximum Gasteiger partial charge on any atom is 0.256 e. The van der Waals surface area contributed by atoms with E-state index in [9.17, 15) is 4.79 Å². The van der Waals surface area contributed by atoms with Gasteiger partial charge in [0.1, 0.15) is 17.5 Å². The molecule has 1 aromatic heterocycles. The number of carbonyl (C=O) groups excluding carboxylic acids is 1. The van der Waals surface area contributed by atoms with Gasteiger partial charge >= 0.3 is 0 Å². The summed E-state index contributed by atoms with van der Waals surface area (Å²) in [5.74, 6) is 0.0450. The van der Waals surface area contributed by atoms with Crippen molar-refractivity contribution in [1.82, 2.24) is 10.2 Å². The van der Waals surface area contributed by atoms with E-state index in [4.69, 9.17) is 5.26 Å². The lowest BCUT2D eigenvalue weighted by molar-refractivity contribution is 0.102. The van der Waals surface area contributed by atoms with Crippen LogP contribution in [0.3, 0.4) is 0 Å². The number of anilines is 1. The van der Waals surface area contributed by atoms with Crippen LogP contribution in [0.4, 0.5) is 5.82 Å². The molecule has 0 radical (unpaired) electrons. The summed E-state index contributed by atoms with van der Waals surface area (Å²) in [6.45, 7) is 6.35. The van der Waals surface area contributed by atoms with E-state index in [2.05, 4.69) is 36.3 Å². The first kappa shape index (κ1) is 13.8. The van der Waals surface area contributed by atoms with Crippen LogP contribution >= 0.6 is 0 Å². The molecule has 1 heterocycles. The van der Waals surface area contributed by atoms with Crippen LogP contribution in [-0.2, 0) is 5.41 Å². The quantitative estimate of drug-likeness (QED) is 0.878. The van der Waals surface area contributed by atoms with Gasteiger partial charge in [0.2, 0.25) is 0 Å². The number of hydrogen-bond donors (Lipinski definition) is 2. The number of benzene rings is 1. The number of H-pyrrole nitrogens is 1. The van der Waals surface area contributed by atoms with E-state index in [1.165, 1.54) is 6.20 Å². The number of aromatic amines is 1. The number of nitrogens with one attached hydrogen (secondary N) is 2. The minimum Gasteiger partial charge on any atom is -0.306 e. The van der Waals surface area contributed by atoms with Gasteiger partial charge < -0.3 is 5.32 Å². The van der Waals surface area contributed by atoms with E-state index < -0.39 is 0 Å². The van der Waals surface area contributed by atoms with Crippen molar-refractivity contribution < 1.29 is 4.79 Å². The summed E-state index contributed by atoms with van der Waals surface area (Å²) in [5, 5.41) is 17.8. The highest BCUT2D eigenvalue weighted by Gasteiger charge is 2.15. The Kier molecular flexibility index (Phi) is 3.57. The van der Waals surface area contributed by atoms with E-state index in [1.807, 2.05) is 18.2 Å². The number of amides is 1. The molecule has 0 saturated heterocycles. The number of carbonyl (C=O) groups is 1. The van der Waals surface area contributed by atoms with Gasteiger partial charge in [-0.3, -0.25) is 9.89 Å². The normalized spacial score (nSPS) is 10.9. The van der Waals surface area contributed by atoms with Gasteiger partial charge in [0, 0.05) is 5.56 Å². The van der Waals surface area contributed by atoms with Crippen molar-refractivity contribution in [3.8, 4) is 6.07 Å². The highest BCUT2D eigenvalue weighted by molar-refractivity contribution is 6.04. The van der Waals surface area contributed by atoms with Crippen LogP contribution in [-0.4, -0.2) is 16.1 Å². The SMILES string of the molecule is CC(C)(C)c1ccc(C(=O)Nc2[nH]ncc2C#N)cc1. The lowest BCUT2D eigenvalue weighted by Crippen LogP contribution is -2.15. The minimum atomic E-state index is -0.272. The van der Waals surface area contributed by atoms with E-state index in [0.717, 1.165) is 5.56 Å². The predicted octanol–water partition coefficient (Wildman–Crippen LogP) is 2.83. The number of aromatic nitrogens is 2. The fraction of sp³-hybridized carbons (Fsp3) is 0.267. The Labute approximate surface area is 117 Å². The van der Waals surface area contributed by atoms with Gasteiger partial charge in [-0.25, -0.2) is 0 Å². The van der Waals surface area contributed by atoms with Crippen LogP contribution in [0.25, 0.3) is 0 Å². The fourth-order valence-corrected chi connectivity index (χ4v) is 1.77. The van der Waals surface area contributed by atoms with Gasteiger partial charge in [0.25, 0.3) is 5.91 Å². The third-order valence-corrected chi connectivity index (χ3v) is 3.01. The molecule has 102 valence electrons. The van der Waals surface area contributed by atoms with Crippen LogP contribution in [0.1, 0.15) is 42.3 Å². The molecule has 0 unspecified atom stereocenters. The zero-order valence-electron chi connectivity index (χ0n) is 11.7. The molecule has 0 atom stereocenters. The molecule has 5 heteroatoms. The Morgan fingerprint density at radius 3 is 2.50 bits per heavy atom. The topological polar surface area (TPSA) is 81.6 Å². The molecule has 1 amide bonds. The van der Waals surface area contributed by atoms with Crippen LogP contribution in [0.5, 0.6) is 0 Å². The molecule has 0 bridgehead atoms. The van der Waals surface area contributed by atoms with Crippen LogP contribution < -0.4 is 5.32 Å². The Morgan fingerprint density at radius 1 is 1.30 bits per heavy atom. The summed E-state index contributed by atoms with van der Waals surface area (Å²) in [5.41, 5.74) is 2.06. The summed E-state index contributed by atoms with van der Waals surface area (Å²) >= 11 is 0. The largest absolute Gasteiger partial charge is 0.306 e. The first-order valence-corrected chi connectivity index (χ1v) is 6.27. The maximum atomic E-state index is 12.1. The molecule has 20 heavy (non-hydrogen) atoms. The van der Waals surface area contributed by atoms with Crippen LogP contribution in [0, 0.1) is 11.3 Å². The van der Waals surface area contributed by atoms with Crippen molar-refractivity contribution in [1.29, 1.82) is 5.26 Å². The third kappa shape index (κ3) is 2.86. The van der Waals surface area contributed by atoms with Crippen LogP contribution in [0.2, 0.25) is 0 Å². The average Bonchev–Trinajstić information content (AvgIpc) is 2.85. The number of hydrogen-bond acceptors (Lipinski definition) is 3. The van der Waals surface area contributed by atoms with Crippen molar-refractivity contribution in [3.63, 3.8) is 0 Å². The van der Waals surface area contributed by atoms with E-state index >= 15 is 0 Å². The second-order valence-electron chi connectivity index (χ2n) is 5.55. The van der Waals surface area contributed by atoms with Gasteiger partial charge in [0.05, 0.1) is 6.20 Å². The van der Waals surface area contributed by atoms with Gasteiger partial charge in [-0.2, -0.15) is 10.4 Å². The van der Waals surface area contributed by atoms with Gasteiger partial charge in [-0.1, -0.05) is 32.9 Å². The minimum absolute atomic E-state index is 0.0480. The van der Waals surface area contributed by atoms with Crippen LogP contribution in [0.15, 0.2) is 30.5 Å². The summed E-state index contributed by atoms with van der Waals surface area (Å²) in [4.78, 5) is 12.1. The Balaban J connectivity index is 2.17. The summed E-state index contributed by atoms with van der Waals surface area (Å²) in [7, 11) is 0. The van der Waals surface area contributed by atoms with E-state index in [1.54, 1.807) is 12.1 Å². The lowest BCUT2D eigenvalue weighted by atomic mass is 9.87. The highest BCUT2D eigenvalue weighted by Crippen LogP contribution is 2.22. The molecular weight excluding hydrogens is 252 g/mol. The predicted molar refractivity (Wildman–Crippen MR) is 76.4 cm³/mol. The van der Waals surface area contributed by atoms with Crippen molar-refractivity contribution in [2.45, 2.75) is 26.2 Å². The zero-order valence-corrected chi connectivity index (χ0v) is 11.7. The van der Waals surface area contributed by atoms with E-state index in [-0.39, 0.29) is 11.3 Å². The summed E-state index contributed by atoms with van der Waals surface area (Å²) in [6, 6.07) is 9.38. The average molecular weight is 268 g/mol. The van der Waals surface area contributed by atoms with Crippen molar-refractivity contribution >= 4 is 11.7 Å². The molecule has 0 aliphatic heterocycles. The van der Waals surface area contributed by atoms with Gasteiger partial charge in [-0.15, -0.1) is 0 Å². The number of nitriles is 1. The van der Waals surface area contributed by atoms with Gasteiger partial charge in [-0.05, 0) is 23.1 Å². The molecule has 0 aliphatic carbocycles. The lowest BCUT2D eigenvalue weighted by Gasteiger charge is -2.19. The monoisotopic (exact) mass is 268 g/mol. The molecule has 2 aromatic rings. The van der Waals surface area contributed by atoms with E-state index in [0.29, 0.717) is 16.9 Å². The molecule has 0 spiro atoms. The molecule has 0 saturated carbocycles. The summed E-state index contributed by atoms with van der Waals surface area (Å²) < 4.78 is 0. The first-order chi connectivity index (χ1) is 9.41. The van der Waals surface area contributed by atoms with Crippen molar-refractivity contribution in [2.75, 3.05) is 5.32 Å². The number of rotatable bonds is 2. The molecule has 5 nitrogen and oxygen atoms in total. The molecule has 2 N–H and O–H groups in total. The molecule has 0 aliphatic rings. The Bertz CT molecular complexity index is 656. The molecule has 0 fully saturated rings. The maximum absolute atomic E-state index is 12.1. The van der Waals surface area contributed by atoms with Crippen molar-refractivity contribution in [3.05, 3.63) is 47.2 Å². The summed E-state index contributed by atoms with van der Waals surface area (Å²) in [6.07, 6.45) is 1.37. The smallest absolute Gasteiger partial charge is 0.256 e. The van der Waals surface area contributed by atoms with Gasteiger partial charge in [0.15, 0.2) is 0 Å². The fourth-order valence-electron chi connectivity index (χ4n) is 1.77. The van der Waals surface area contributed by atoms with Crippen molar-refractivity contribution in [2.24, 2.45) is 0 Å². The first-order valence-electron chi connectivity index (χ1n) is 6.27. The zero-order chi connectivity index (χ0) is 14.8. The Morgan fingerprint density at radius 2 is 1.95 bits per heavy atom. The highest BCUT2D eigenvalue weighted by atomic mass is 16.1. The molecule has 2 rings (SSSR count). The second-order valence-corrected chi connectivity index (χ2v) is 5.55. The molecule has 1 aromatic carbocycles. The number of nitrogens with zero attached hydrogens (tertiary/aromatic N) is 2. The Hall–Kier alpha value is -2.61. The third-order valence-electron chi connectivity index (χ3n) is 3.01.